The van der Waals surface area contributed by atoms with E-state index in [1.165, 1.54) is 23.9 Å². The smallest absolute Gasteiger partial charge is 0.242 e. The van der Waals surface area contributed by atoms with Crippen molar-refractivity contribution in [2.45, 2.75) is 24.5 Å². The number of carbonyl (C=O) groups excluding carboxylic acids is 2. The van der Waals surface area contributed by atoms with E-state index in [0.717, 1.165) is 12.2 Å². The molecule has 1 N–H and O–H groups in total. The van der Waals surface area contributed by atoms with Crippen molar-refractivity contribution in [3.05, 3.63) is 18.2 Å². The molecule has 2 amide bonds. The topological polar surface area (TPSA) is 80.2 Å². The van der Waals surface area contributed by atoms with E-state index >= 15 is 0 Å². The summed E-state index contributed by atoms with van der Waals surface area (Å²) in [6.45, 7) is 0.870. The minimum atomic E-state index is -0.427. The molecule has 1 aromatic carbocycles. The lowest BCUT2D eigenvalue weighted by atomic mass is 10.0. The molecule has 4 rings (SSSR count). The number of benzene rings is 1. The van der Waals surface area contributed by atoms with Crippen LogP contribution in [-0.4, -0.2) is 59.0 Å². The molecule has 0 aliphatic carbocycles. The van der Waals surface area contributed by atoms with Crippen LogP contribution in [0.4, 0.5) is 5.69 Å². The first kappa shape index (κ1) is 19.4. The second-order valence-electron chi connectivity index (χ2n) is 6.95. The minimum absolute atomic E-state index is 0.0244. The second kappa shape index (κ2) is 8.65. The van der Waals surface area contributed by atoms with Gasteiger partial charge < -0.3 is 14.8 Å². The van der Waals surface area contributed by atoms with Gasteiger partial charge in [-0.2, -0.15) is 11.8 Å². The highest BCUT2D eigenvalue weighted by molar-refractivity contribution is 8.15. The van der Waals surface area contributed by atoms with Crippen LogP contribution >= 0.6 is 23.5 Å². The highest BCUT2D eigenvalue weighted by Crippen LogP contribution is 2.38. The zero-order valence-corrected chi connectivity index (χ0v) is 17.3. The third-order valence-electron chi connectivity index (χ3n) is 4.95. The molecule has 150 valence electrons. The normalized spacial score (nSPS) is 25.4. The van der Waals surface area contributed by atoms with Crippen LogP contribution in [0.1, 0.15) is 19.3 Å². The number of amides is 2. The standard InChI is InChI=1S/C19H23N3O4S2/c1-20-17(23)8-16-18(24)22(9-12-3-2-6-27-10-12)19(28-16)21-13-4-5-14-15(7-13)26-11-25-14/h4-5,7,12,16H,2-3,6,8-11H2,1H3,(H,20,23). The van der Waals surface area contributed by atoms with Crippen molar-refractivity contribution in [3.63, 3.8) is 0 Å². The Balaban J connectivity index is 1.57. The van der Waals surface area contributed by atoms with Crippen molar-refractivity contribution in [1.82, 2.24) is 10.2 Å². The molecule has 0 saturated carbocycles. The molecule has 2 unspecified atom stereocenters. The fourth-order valence-corrected chi connectivity index (χ4v) is 5.75. The summed E-state index contributed by atoms with van der Waals surface area (Å²) in [4.78, 5) is 31.3. The van der Waals surface area contributed by atoms with Gasteiger partial charge in [0.05, 0.1) is 5.69 Å². The largest absolute Gasteiger partial charge is 0.454 e. The van der Waals surface area contributed by atoms with Gasteiger partial charge in [0.15, 0.2) is 16.7 Å². The average molecular weight is 422 g/mol. The van der Waals surface area contributed by atoms with E-state index in [1.54, 1.807) is 11.9 Å². The molecule has 7 nitrogen and oxygen atoms in total. The molecule has 3 heterocycles. The Hall–Kier alpha value is -1.87. The number of nitrogens with one attached hydrogen (secondary N) is 1. The van der Waals surface area contributed by atoms with Crippen molar-refractivity contribution in [2.24, 2.45) is 10.9 Å². The quantitative estimate of drug-likeness (QED) is 0.787. The maximum absolute atomic E-state index is 13.0. The summed E-state index contributed by atoms with van der Waals surface area (Å²) in [5, 5.41) is 2.84. The molecule has 28 heavy (non-hydrogen) atoms. The van der Waals surface area contributed by atoms with Gasteiger partial charge in [-0.1, -0.05) is 11.8 Å². The van der Waals surface area contributed by atoms with Gasteiger partial charge in [-0.25, -0.2) is 4.99 Å². The van der Waals surface area contributed by atoms with E-state index in [0.29, 0.717) is 34.8 Å². The van der Waals surface area contributed by atoms with Crippen LogP contribution in [0, 0.1) is 5.92 Å². The Labute approximate surface area is 172 Å². The summed E-state index contributed by atoms with van der Waals surface area (Å²) in [7, 11) is 1.59. The first-order chi connectivity index (χ1) is 13.6. The molecule has 3 aliphatic rings. The Morgan fingerprint density at radius 1 is 1.36 bits per heavy atom. The summed E-state index contributed by atoms with van der Waals surface area (Å²) >= 11 is 3.32. The lowest BCUT2D eigenvalue weighted by Crippen LogP contribution is -2.38. The molecule has 0 bridgehead atoms. The number of ether oxygens (including phenoxy) is 2. The lowest BCUT2D eigenvalue weighted by Gasteiger charge is -2.26. The Morgan fingerprint density at radius 2 is 2.21 bits per heavy atom. The molecular formula is C19H23N3O4S2. The van der Waals surface area contributed by atoms with Gasteiger partial charge in [-0.05, 0) is 42.4 Å². The van der Waals surface area contributed by atoms with E-state index in [2.05, 4.69) is 5.32 Å². The molecular weight excluding hydrogens is 398 g/mol. The fraction of sp³-hybridized carbons (Fsp3) is 0.526. The van der Waals surface area contributed by atoms with Crippen molar-refractivity contribution < 1.29 is 19.1 Å². The van der Waals surface area contributed by atoms with Gasteiger partial charge in [0.25, 0.3) is 0 Å². The lowest BCUT2D eigenvalue weighted by molar-refractivity contribution is -0.129. The van der Waals surface area contributed by atoms with Gasteiger partial charge in [-0.3, -0.25) is 14.5 Å². The summed E-state index contributed by atoms with van der Waals surface area (Å²) in [6, 6.07) is 5.50. The van der Waals surface area contributed by atoms with Gasteiger partial charge in [0.2, 0.25) is 18.6 Å². The Kier molecular flexibility index (Phi) is 6.01. The summed E-state index contributed by atoms with van der Waals surface area (Å²) < 4.78 is 10.8. The van der Waals surface area contributed by atoms with Crippen LogP contribution in [0.2, 0.25) is 0 Å². The molecule has 0 aromatic heterocycles. The molecule has 1 aromatic rings. The molecule has 2 atom stereocenters. The minimum Gasteiger partial charge on any atom is -0.454 e. The van der Waals surface area contributed by atoms with Gasteiger partial charge in [-0.15, -0.1) is 0 Å². The summed E-state index contributed by atoms with van der Waals surface area (Å²) in [5.74, 6) is 3.92. The van der Waals surface area contributed by atoms with Gasteiger partial charge >= 0.3 is 0 Å². The zero-order valence-electron chi connectivity index (χ0n) is 15.7. The Morgan fingerprint density at radius 3 is 3.00 bits per heavy atom. The second-order valence-corrected chi connectivity index (χ2v) is 9.27. The molecule has 0 radical (unpaired) electrons. The van der Waals surface area contributed by atoms with Crippen LogP contribution in [0.5, 0.6) is 11.5 Å². The predicted molar refractivity (Wildman–Crippen MR) is 111 cm³/mol. The summed E-state index contributed by atoms with van der Waals surface area (Å²) in [6.07, 6.45) is 2.47. The van der Waals surface area contributed by atoms with E-state index < -0.39 is 5.25 Å². The first-order valence-electron chi connectivity index (χ1n) is 9.38. The zero-order chi connectivity index (χ0) is 19.5. The maximum atomic E-state index is 13.0. The molecule has 2 saturated heterocycles. The Bertz CT molecular complexity index is 795. The number of aliphatic imine (C=N–C) groups is 1. The van der Waals surface area contributed by atoms with Crippen molar-refractivity contribution >= 4 is 46.2 Å². The van der Waals surface area contributed by atoms with E-state index in [9.17, 15) is 9.59 Å². The highest BCUT2D eigenvalue weighted by atomic mass is 32.2. The number of fused-ring (bicyclic) bond motifs is 1. The van der Waals surface area contributed by atoms with E-state index in [4.69, 9.17) is 14.5 Å². The van der Waals surface area contributed by atoms with Gasteiger partial charge in [0, 0.05) is 26.1 Å². The van der Waals surface area contributed by atoms with E-state index in [-0.39, 0.29) is 25.0 Å². The highest BCUT2D eigenvalue weighted by Gasteiger charge is 2.40. The number of carbonyl (C=O) groups is 2. The monoisotopic (exact) mass is 421 g/mol. The van der Waals surface area contributed by atoms with Crippen LogP contribution in [0.15, 0.2) is 23.2 Å². The van der Waals surface area contributed by atoms with Crippen molar-refractivity contribution in [3.8, 4) is 11.5 Å². The molecule has 2 fully saturated rings. The molecule has 3 aliphatic heterocycles. The third kappa shape index (κ3) is 4.25. The molecule has 0 spiro atoms. The first-order valence-corrected chi connectivity index (χ1v) is 11.4. The van der Waals surface area contributed by atoms with Crippen LogP contribution in [0.25, 0.3) is 0 Å². The summed E-state index contributed by atoms with van der Waals surface area (Å²) in [5.41, 5.74) is 0.711. The molecule has 9 heteroatoms. The van der Waals surface area contributed by atoms with Crippen LogP contribution in [0.3, 0.4) is 0 Å². The predicted octanol–water partition coefficient (Wildman–Crippen LogP) is 2.63. The maximum Gasteiger partial charge on any atom is 0.242 e. The number of hydrogen-bond acceptors (Lipinski definition) is 7. The van der Waals surface area contributed by atoms with Crippen molar-refractivity contribution in [1.29, 1.82) is 0 Å². The van der Waals surface area contributed by atoms with Crippen LogP contribution < -0.4 is 14.8 Å². The number of hydrogen-bond donors (Lipinski definition) is 1. The number of nitrogens with zero attached hydrogens (tertiary/aromatic N) is 2. The number of thioether (sulfide) groups is 2. The SMILES string of the molecule is CNC(=O)CC1SC(=Nc2ccc3c(c2)OCO3)N(CC2CCCSC2)C1=O. The van der Waals surface area contributed by atoms with E-state index in [1.807, 2.05) is 30.0 Å². The third-order valence-corrected chi connectivity index (χ3v) is 7.41. The van der Waals surface area contributed by atoms with Gasteiger partial charge in [0.1, 0.15) is 5.25 Å². The van der Waals surface area contributed by atoms with Crippen LogP contribution in [-0.2, 0) is 9.59 Å². The average Bonchev–Trinajstić information content (AvgIpc) is 3.28. The number of rotatable bonds is 5. The van der Waals surface area contributed by atoms with Crippen molar-refractivity contribution in [2.75, 3.05) is 31.9 Å². The number of amidine groups is 1. The fourth-order valence-electron chi connectivity index (χ4n) is 3.44.